The third kappa shape index (κ3) is 3.98. The van der Waals surface area contributed by atoms with E-state index in [1.54, 1.807) is 24.0 Å². The van der Waals surface area contributed by atoms with Crippen molar-refractivity contribution < 1.29 is 18.0 Å². The number of aromatic amines is 1. The molecule has 2 saturated heterocycles. The average molecular weight is 454 g/mol. The van der Waals surface area contributed by atoms with Crippen LogP contribution < -0.4 is 4.90 Å². The summed E-state index contributed by atoms with van der Waals surface area (Å²) in [4.78, 5) is 23.3. The van der Waals surface area contributed by atoms with Crippen molar-refractivity contribution in [3.8, 4) is 11.3 Å². The van der Waals surface area contributed by atoms with Crippen molar-refractivity contribution in [2.75, 3.05) is 31.1 Å². The molecule has 2 fully saturated rings. The molecule has 0 bridgehead atoms. The quantitative estimate of drug-likeness (QED) is 0.592. The van der Waals surface area contributed by atoms with Crippen molar-refractivity contribution in [3.63, 3.8) is 0 Å². The Hall–Kier alpha value is -3.29. The number of hydrogen-bond acceptors (Lipinski definition) is 3. The number of rotatable bonds is 4. The number of alkyl halides is 3. The number of halogens is 3. The van der Waals surface area contributed by atoms with Crippen molar-refractivity contribution in [2.24, 2.45) is 0 Å². The first-order valence-electron chi connectivity index (χ1n) is 11.1. The number of imidazole rings is 1. The zero-order valence-electron chi connectivity index (χ0n) is 18.5. The fraction of sp³-hybridized carbons (Fsp3) is 0.360. The Labute approximate surface area is 190 Å². The Morgan fingerprint density at radius 2 is 1.76 bits per heavy atom. The molecule has 5 nitrogen and oxygen atoms in total. The van der Waals surface area contributed by atoms with Crippen molar-refractivity contribution in [3.05, 3.63) is 70.7 Å². The minimum absolute atomic E-state index is 0.112. The van der Waals surface area contributed by atoms with Gasteiger partial charge in [-0.1, -0.05) is 29.8 Å². The molecule has 0 aliphatic carbocycles. The summed E-state index contributed by atoms with van der Waals surface area (Å²) >= 11 is 0. The maximum absolute atomic E-state index is 13.2. The first-order chi connectivity index (χ1) is 15.7. The fourth-order valence-electron chi connectivity index (χ4n) is 4.42. The van der Waals surface area contributed by atoms with E-state index in [4.69, 9.17) is 0 Å². The molecule has 8 heteroatoms. The van der Waals surface area contributed by atoms with Crippen molar-refractivity contribution in [2.45, 2.75) is 32.4 Å². The van der Waals surface area contributed by atoms with E-state index in [0.29, 0.717) is 35.8 Å². The Balaban J connectivity index is 1.42. The van der Waals surface area contributed by atoms with Gasteiger partial charge in [-0.3, -0.25) is 4.79 Å². The van der Waals surface area contributed by atoms with Crippen LogP contribution in [0.2, 0.25) is 0 Å². The van der Waals surface area contributed by atoms with Gasteiger partial charge in [-0.05, 0) is 44.0 Å². The lowest BCUT2D eigenvalue weighted by Crippen LogP contribution is -2.48. The minimum Gasteiger partial charge on any atom is -0.371 e. The third-order valence-corrected chi connectivity index (χ3v) is 6.57. The minimum atomic E-state index is -4.56. The summed E-state index contributed by atoms with van der Waals surface area (Å²) in [6.45, 7) is 6.55. The van der Waals surface area contributed by atoms with Crippen LogP contribution in [0.3, 0.4) is 0 Å². The Morgan fingerprint density at radius 1 is 1.06 bits per heavy atom. The SMILES string of the molecule is Cc1ccc(C2CN(C(=O)c3ccc(N4CCC4)c(-c4nc(C(F)(F)F)[nH]c4C)c3)C2)cc1. The lowest BCUT2D eigenvalue weighted by Gasteiger charge is -2.40. The highest BCUT2D eigenvalue weighted by Crippen LogP contribution is 2.38. The van der Waals surface area contributed by atoms with Crippen LogP contribution in [-0.4, -0.2) is 47.0 Å². The highest BCUT2D eigenvalue weighted by molar-refractivity contribution is 5.97. The number of nitrogens with one attached hydrogen (secondary N) is 1. The van der Waals surface area contributed by atoms with Crippen LogP contribution in [0.5, 0.6) is 0 Å². The highest BCUT2D eigenvalue weighted by Gasteiger charge is 2.36. The second kappa shape index (κ2) is 7.93. The number of carbonyl (C=O) groups is 1. The summed E-state index contributed by atoms with van der Waals surface area (Å²) in [6.07, 6.45) is -3.53. The number of H-pyrrole nitrogens is 1. The van der Waals surface area contributed by atoms with Crippen LogP contribution in [0.25, 0.3) is 11.3 Å². The van der Waals surface area contributed by atoms with E-state index in [9.17, 15) is 18.0 Å². The standard InChI is InChI=1S/C25H25F3N4O/c1-15-4-6-17(7-5-15)19-13-32(14-19)23(33)18-8-9-21(31-10-3-11-31)20(12-18)22-16(2)29-24(30-22)25(26,27)28/h4-9,12,19H,3,10-11,13-14H2,1-2H3,(H,29,30). The smallest absolute Gasteiger partial charge is 0.371 e. The molecule has 0 radical (unpaired) electrons. The molecule has 0 spiro atoms. The van der Waals surface area contributed by atoms with Gasteiger partial charge in [0.25, 0.3) is 5.91 Å². The van der Waals surface area contributed by atoms with E-state index in [2.05, 4.69) is 39.1 Å². The summed E-state index contributed by atoms with van der Waals surface area (Å²) in [6, 6.07) is 13.6. The predicted molar refractivity (Wildman–Crippen MR) is 120 cm³/mol. The van der Waals surface area contributed by atoms with Crippen LogP contribution in [0.4, 0.5) is 18.9 Å². The molecular weight excluding hydrogens is 429 g/mol. The Morgan fingerprint density at radius 3 is 2.33 bits per heavy atom. The molecule has 33 heavy (non-hydrogen) atoms. The molecule has 1 aromatic heterocycles. The molecule has 2 aromatic carbocycles. The maximum atomic E-state index is 13.2. The molecule has 2 aliphatic heterocycles. The number of hydrogen-bond donors (Lipinski definition) is 1. The molecule has 3 aromatic rings. The number of nitrogens with zero attached hydrogens (tertiary/aromatic N) is 3. The zero-order chi connectivity index (χ0) is 23.3. The van der Waals surface area contributed by atoms with E-state index in [1.165, 1.54) is 11.1 Å². The lowest BCUT2D eigenvalue weighted by atomic mass is 9.90. The topological polar surface area (TPSA) is 52.2 Å². The molecular formula is C25H25F3N4O. The average Bonchev–Trinajstić information content (AvgIpc) is 3.09. The molecule has 0 atom stereocenters. The molecule has 2 aliphatic rings. The molecule has 0 saturated carbocycles. The summed E-state index contributed by atoms with van der Waals surface area (Å²) in [5.41, 5.74) is 4.81. The maximum Gasteiger partial charge on any atom is 0.449 e. The Bertz CT molecular complexity index is 1190. The summed E-state index contributed by atoms with van der Waals surface area (Å²) in [5.74, 6) is -0.832. The molecule has 1 amide bonds. The lowest BCUT2D eigenvalue weighted by molar-refractivity contribution is -0.144. The second-order valence-electron chi connectivity index (χ2n) is 8.95. The number of aromatic nitrogens is 2. The zero-order valence-corrected chi connectivity index (χ0v) is 18.5. The number of anilines is 1. The van der Waals surface area contributed by atoms with Gasteiger partial charge < -0.3 is 14.8 Å². The number of benzene rings is 2. The fourth-order valence-corrected chi connectivity index (χ4v) is 4.42. The van der Waals surface area contributed by atoms with Crippen LogP contribution in [0.1, 0.15) is 45.3 Å². The normalized spacial score (nSPS) is 16.5. The Kier molecular flexibility index (Phi) is 5.18. The second-order valence-corrected chi connectivity index (χ2v) is 8.95. The van der Waals surface area contributed by atoms with Crippen molar-refractivity contribution >= 4 is 11.6 Å². The van der Waals surface area contributed by atoms with Gasteiger partial charge in [0.2, 0.25) is 5.82 Å². The molecule has 0 unspecified atom stereocenters. The monoisotopic (exact) mass is 454 g/mol. The van der Waals surface area contributed by atoms with Gasteiger partial charge in [-0.25, -0.2) is 4.98 Å². The summed E-state index contributed by atoms with van der Waals surface area (Å²) < 4.78 is 39.7. The van der Waals surface area contributed by atoms with Gasteiger partial charge in [0.1, 0.15) is 0 Å². The highest BCUT2D eigenvalue weighted by atomic mass is 19.4. The first-order valence-corrected chi connectivity index (χ1v) is 11.1. The van der Waals surface area contributed by atoms with Crippen molar-refractivity contribution in [1.29, 1.82) is 0 Å². The molecule has 3 heterocycles. The van der Waals surface area contributed by atoms with Gasteiger partial charge in [-0.2, -0.15) is 13.2 Å². The van der Waals surface area contributed by atoms with Gasteiger partial charge in [0.05, 0.1) is 5.69 Å². The molecule has 172 valence electrons. The number of aryl methyl sites for hydroxylation is 2. The number of amides is 1. The van der Waals surface area contributed by atoms with E-state index < -0.39 is 12.0 Å². The summed E-state index contributed by atoms with van der Waals surface area (Å²) in [7, 11) is 0. The largest absolute Gasteiger partial charge is 0.449 e. The number of likely N-dealkylation sites (tertiary alicyclic amines) is 1. The summed E-state index contributed by atoms with van der Waals surface area (Å²) in [5, 5.41) is 0. The van der Waals surface area contributed by atoms with E-state index >= 15 is 0 Å². The van der Waals surface area contributed by atoms with Crippen LogP contribution in [0, 0.1) is 13.8 Å². The van der Waals surface area contributed by atoms with Crippen LogP contribution in [-0.2, 0) is 6.18 Å². The number of carbonyl (C=O) groups excluding carboxylic acids is 1. The van der Waals surface area contributed by atoms with E-state index in [-0.39, 0.29) is 11.6 Å². The third-order valence-electron chi connectivity index (χ3n) is 6.57. The van der Waals surface area contributed by atoms with E-state index in [0.717, 1.165) is 25.2 Å². The van der Waals surface area contributed by atoms with Crippen molar-refractivity contribution in [1.82, 2.24) is 14.9 Å². The van der Waals surface area contributed by atoms with Gasteiger partial charge >= 0.3 is 6.18 Å². The van der Waals surface area contributed by atoms with E-state index in [1.807, 2.05) is 13.0 Å². The molecule has 1 N–H and O–H groups in total. The van der Waals surface area contributed by atoms with Gasteiger partial charge in [0, 0.05) is 54.6 Å². The van der Waals surface area contributed by atoms with Crippen LogP contribution >= 0.6 is 0 Å². The first kappa shape index (κ1) is 21.6. The van der Waals surface area contributed by atoms with Gasteiger partial charge in [0.15, 0.2) is 0 Å². The molecule has 5 rings (SSSR count). The van der Waals surface area contributed by atoms with Crippen LogP contribution in [0.15, 0.2) is 42.5 Å². The van der Waals surface area contributed by atoms with Gasteiger partial charge in [-0.15, -0.1) is 0 Å². The predicted octanol–water partition coefficient (Wildman–Crippen LogP) is 5.16.